The maximum absolute atomic E-state index is 15.5. The number of fused-ring (bicyclic) bond motifs is 14. The Morgan fingerprint density at radius 2 is 1.71 bits per heavy atom. The quantitative estimate of drug-likeness (QED) is 0.122. The number of ketones is 1. The molecule has 0 unspecified atom stereocenters. The van der Waals surface area contributed by atoms with Crippen LogP contribution in [-0.4, -0.2) is 120 Å². The summed E-state index contributed by atoms with van der Waals surface area (Å²) in [5.41, 5.74) is -6.07. The number of hydrogen-bond donors (Lipinski definition) is 9. The van der Waals surface area contributed by atoms with Crippen LogP contribution in [-0.2, 0) is 20.7 Å². The minimum Gasteiger partial charge on any atom is -0.508 e. The lowest BCUT2D eigenvalue weighted by Crippen LogP contribution is -2.72. The van der Waals surface area contributed by atoms with Gasteiger partial charge in [-0.25, -0.2) is 0 Å². The van der Waals surface area contributed by atoms with E-state index in [1.165, 1.54) is 6.07 Å². The number of phenolic OH excluding ortho intramolecular Hbond substituents is 2. The number of aromatic hydroxyl groups is 2. The third-order valence-corrected chi connectivity index (χ3v) is 20.2. The van der Waals surface area contributed by atoms with Crippen LogP contribution >= 0.6 is 0 Å². The summed E-state index contributed by atoms with van der Waals surface area (Å²) < 4.78 is 14.1. The van der Waals surface area contributed by atoms with Crippen LogP contribution in [0, 0.1) is 51.2 Å². The molecule has 1 aromatic rings. The fourth-order valence-electron chi connectivity index (χ4n) is 17.9. The van der Waals surface area contributed by atoms with E-state index >= 15 is 4.79 Å². The molecular formula is C51H73NO11. The lowest BCUT2D eigenvalue weighted by molar-refractivity contribution is -0.255. The van der Waals surface area contributed by atoms with Crippen molar-refractivity contribution in [3.05, 3.63) is 46.6 Å². The van der Waals surface area contributed by atoms with E-state index in [2.05, 4.69) is 46.0 Å². The van der Waals surface area contributed by atoms with Gasteiger partial charge in [-0.3, -0.25) is 4.79 Å². The van der Waals surface area contributed by atoms with E-state index in [1.807, 2.05) is 0 Å². The zero-order chi connectivity index (χ0) is 44.9. The molecule has 12 heteroatoms. The number of hydrogen-bond acceptors (Lipinski definition) is 12. The van der Waals surface area contributed by atoms with Gasteiger partial charge >= 0.3 is 0 Å². The summed E-state index contributed by atoms with van der Waals surface area (Å²) in [6.07, 6.45) is 8.47. The molecule has 9 N–H and O–H groups in total. The second-order valence-electron chi connectivity index (χ2n) is 22.9. The van der Waals surface area contributed by atoms with E-state index < -0.39 is 74.7 Å². The molecule has 12 nitrogen and oxygen atoms in total. The standard InChI is InChI=1S/C51H73NO11/c1-6-52-26-29-23-44(3)14-11-33(29)51(43(58)28(44)2)49(60,16-18-54)42-37(63-51)24-50(61)34-22-36(57)40-39-32-20-30(55)21-35(56)31(32)10-15-48(39,59)38(62-19-9-17-53)25-45(40,4)41(34)47(12-7-8-13-47)27-46(42,50)5/h20-23,28,33,37-43,52-56,58-61H,6-19,24-27H2,1-5H3/t28-,33+,37+,38+,39+,40-,41+,42+,43+,44-,45+,46-,48+,49-,50-,51+/m1/s1. The minimum atomic E-state index is -1.74. The largest absolute Gasteiger partial charge is 0.508 e. The van der Waals surface area contributed by atoms with E-state index in [0.717, 1.165) is 44.2 Å². The molecule has 1 heterocycles. The number of ether oxygens (including phenoxy) is 2. The number of aliphatic hydroxyl groups is 6. The zero-order valence-electron chi connectivity index (χ0n) is 38.0. The van der Waals surface area contributed by atoms with Crippen LogP contribution in [0.1, 0.15) is 129 Å². The Kier molecular flexibility index (Phi) is 10.3. The van der Waals surface area contributed by atoms with Crippen molar-refractivity contribution in [2.75, 3.05) is 32.9 Å². The van der Waals surface area contributed by atoms with E-state index in [1.54, 1.807) is 12.1 Å². The van der Waals surface area contributed by atoms with Crippen LogP contribution in [0.15, 0.2) is 35.4 Å². The molecule has 1 saturated heterocycles. The molecule has 10 aliphatic rings. The summed E-state index contributed by atoms with van der Waals surface area (Å²) in [6, 6.07) is 2.90. The van der Waals surface area contributed by atoms with Crippen molar-refractivity contribution in [3.63, 3.8) is 0 Å². The van der Waals surface area contributed by atoms with Gasteiger partial charge in [-0.2, -0.15) is 0 Å². The molecule has 5 saturated carbocycles. The number of carbonyl (C=O) groups excluding carboxylic acids is 1. The molecule has 1 aromatic carbocycles. The number of phenols is 2. The van der Waals surface area contributed by atoms with Gasteiger partial charge in [0.1, 0.15) is 22.7 Å². The van der Waals surface area contributed by atoms with Crippen LogP contribution in [0.4, 0.5) is 0 Å². The highest BCUT2D eigenvalue weighted by molar-refractivity contribution is 5.96. The van der Waals surface area contributed by atoms with Gasteiger partial charge in [-0.15, -0.1) is 0 Å². The maximum Gasteiger partial charge on any atom is 0.160 e. The monoisotopic (exact) mass is 876 g/mol. The molecule has 1 aliphatic heterocycles. The Labute approximate surface area is 372 Å². The Hall–Kier alpha value is -2.39. The molecule has 0 radical (unpaired) electrons. The highest BCUT2D eigenvalue weighted by atomic mass is 16.6. The molecule has 16 atom stereocenters. The lowest BCUT2D eigenvalue weighted by Gasteiger charge is -2.69. The third kappa shape index (κ3) is 5.50. The Morgan fingerprint density at radius 1 is 0.968 bits per heavy atom. The van der Waals surface area contributed by atoms with Crippen molar-refractivity contribution in [2.24, 2.45) is 51.2 Å². The topological polar surface area (TPSA) is 209 Å². The van der Waals surface area contributed by atoms with Crippen molar-refractivity contribution in [1.29, 1.82) is 0 Å². The van der Waals surface area contributed by atoms with Gasteiger partial charge < -0.3 is 55.6 Å². The normalized spacial score (nSPS) is 48.8. The van der Waals surface area contributed by atoms with Crippen molar-refractivity contribution in [1.82, 2.24) is 5.32 Å². The highest BCUT2D eigenvalue weighted by Crippen LogP contribution is 2.80. The molecular weight excluding hydrogens is 803 g/mol. The maximum atomic E-state index is 15.5. The number of nitrogens with one attached hydrogen (secondary N) is 1. The number of allylic oxidation sites excluding steroid dienone is 2. The molecule has 63 heavy (non-hydrogen) atoms. The Bertz CT molecular complexity index is 2100. The van der Waals surface area contributed by atoms with Crippen LogP contribution in [0.25, 0.3) is 0 Å². The average molecular weight is 876 g/mol. The van der Waals surface area contributed by atoms with Crippen molar-refractivity contribution >= 4 is 5.78 Å². The van der Waals surface area contributed by atoms with E-state index in [4.69, 9.17) is 9.47 Å². The second-order valence-corrected chi connectivity index (χ2v) is 22.9. The molecule has 2 spiro atoms. The number of rotatable bonds is 9. The smallest absolute Gasteiger partial charge is 0.160 e. The number of benzene rings is 1. The SMILES string of the molecule is CCNCC1=C[C@@]2(C)CC[C@@H]1[C@]1(O[C@H]3C[C@@]4(O)C5=CC(=O)[C@@H]6[C@@H]7c8cc(O)cc(O)c8CC[C@]7(O)[C@@H](OCCCO)C[C@]6(C)[C@H]5C5(CCCC5)C[C@]4(C)[C@H]3[C@]1(O)CCO)[C@@H](O)[C@H]2C. The molecule has 2 bridgehead atoms. The van der Waals surface area contributed by atoms with Crippen LogP contribution in [0.3, 0.4) is 0 Å². The predicted octanol–water partition coefficient (Wildman–Crippen LogP) is 4.71. The number of aliphatic hydroxyl groups excluding tert-OH is 3. The second kappa shape index (κ2) is 14.6. The summed E-state index contributed by atoms with van der Waals surface area (Å²) in [5, 5.41) is 100. The van der Waals surface area contributed by atoms with Gasteiger partial charge in [0.05, 0.1) is 29.5 Å². The van der Waals surface area contributed by atoms with Crippen LogP contribution in [0.5, 0.6) is 11.5 Å². The Morgan fingerprint density at radius 3 is 2.41 bits per heavy atom. The Balaban J connectivity index is 1.14. The van der Waals surface area contributed by atoms with Gasteiger partial charge in [0.2, 0.25) is 0 Å². The first-order valence-corrected chi connectivity index (χ1v) is 24.4. The molecule has 9 aliphatic carbocycles. The molecule has 348 valence electrons. The lowest BCUT2D eigenvalue weighted by atomic mass is 9.36. The third-order valence-electron chi connectivity index (χ3n) is 20.2. The van der Waals surface area contributed by atoms with Crippen molar-refractivity contribution < 1.29 is 55.1 Å². The average Bonchev–Trinajstić information content (AvgIpc) is 3.82. The molecule has 0 amide bonds. The van der Waals surface area contributed by atoms with Gasteiger partial charge in [0.25, 0.3) is 0 Å². The summed E-state index contributed by atoms with van der Waals surface area (Å²) >= 11 is 0. The summed E-state index contributed by atoms with van der Waals surface area (Å²) in [4.78, 5) is 15.5. The van der Waals surface area contributed by atoms with E-state index in [0.29, 0.717) is 55.3 Å². The number of carbonyl (C=O) groups is 1. The van der Waals surface area contributed by atoms with E-state index in [-0.39, 0.29) is 79.5 Å². The van der Waals surface area contributed by atoms with Gasteiger partial charge in [0.15, 0.2) is 5.78 Å². The first kappa shape index (κ1) is 44.4. The van der Waals surface area contributed by atoms with E-state index in [9.17, 15) is 40.9 Å². The molecule has 11 rings (SSSR count). The molecule has 0 aromatic heterocycles. The highest BCUT2D eigenvalue weighted by Gasteiger charge is 2.84. The first-order valence-electron chi connectivity index (χ1n) is 24.4. The zero-order valence-corrected chi connectivity index (χ0v) is 38.0. The van der Waals surface area contributed by atoms with Crippen molar-refractivity contribution in [3.8, 4) is 11.5 Å². The fourth-order valence-corrected chi connectivity index (χ4v) is 17.9. The van der Waals surface area contributed by atoms with Crippen LogP contribution < -0.4 is 5.32 Å². The van der Waals surface area contributed by atoms with Crippen LogP contribution in [0.2, 0.25) is 0 Å². The van der Waals surface area contributed by atoms with Gasteiger partial charge in [-0.1, -0.05) is 59.1 Å². The predicted molar refractivity (Wildman–Crippen MR) is 234 cm³/mol. The first-order chi connectivity index (χ1) is 29.8. The van der Waals surface area contributed by atoms with Crippen molar-refractivity contribution in [2.45, 2.75) is 165 Å². The summed E-state index contributed by atoms with van der Waals surface area (Å²) in [7, 11) is 0. The summed E-state index contributed by atoms with van der Waals surface area (Å²) in [6.45, 7) is 11.7. The fraction of sp³-hybridized carbons (Fsp3) is 0.784. The summed E-state index contributed by atoms with van der Waals surface area (Å²) in [5.74, 6) is -3.65. The number of likely N-dealkylation sites (N-methyl/N-ethyl adjacent to an activating group) is 1. The van der Waals surface area contributed by atoms with Gasteiger partial charge in [0, 0.05) is 74.4 Å². The molecule has 6 fully saturated rings. The van der Waals surface area contributed by atoms with Gasteiger partial charge in [-0.05, 0) is 121 Å². The minimum absolute atomic E-state index is 0.0360.